The van der Waals surface area contributed by atoms with Crippen molar-refractivity contribution in [3.63, 3.8) is 0 Å². The summed E-state index contributed by atoms with van der Waals surface area (Å²) in [5.74, 6) is 0.483. The van der Waals surface area contributed by atoms with Gasteiger partial charge >= 0.3 is 5.97 Å². The Morgan fingerprint density at radius 3 is 2.50 bits per heavy atom. The number of hydrogen-bond donors (Lipinski definition) is 0. The number of benzene rings is 1. The van der Waals surface area contributed by atoms with E-state index in [0.29, 0.717) is 6.61 Å². The fourth-order valence-electron chi connectivity index (χ4n) is 2.11. The van der Waals surface area contributed by atoms with Gasteiger partial charge in [0.1, 0.15) is 19.0 Å². The van der Waals surface area contributed by atoms with Gasteiger partial charge in [0.25, 0.3) is 0 Å². The molecular weight excluding hydrogens is 348 g/mol. The second-order valence-electron chi connectivity index (χ2n) is 4.97. The highest BCUT2D eigenvalue weighted by atomic mass is 79.9. The number of esters is 1. The third-order valence-corrected chi connectivity index (χ3v) is 3.94. The standard InChI is InChI=1S/C16H19BrN2O3/c1-11-15(12(2)19(3)18-11)10-16(20)22-9-8-21-14-6-4-13(17)5-7-14/h4-7H,8-10H2,1-3H3. The lowest BCUT2D eigenvalue weighted by Gasteiger charge is -2.08. The molecule has 5 nitrogen and oxygen atoms in total. The molecule has 0 aliphatic heterocycles. The highest BCUT2D eigenvalue weighted by Crippen LogP contribution is 2.16. The van der Waals surface area contributed by atoms with Gasteiger partial charge in [-0.25, -0.2) is 0 Å². The van der Waals surface area contributed by atoms with Crippen LogP contribution in [0.2, 0.25) is 0 Å². The van der Waals surface area contributed by atoms with E-state index in [4.69, 9.17) is 9.47 Å². The number of carbonyl (C=O) groups is 1. The van der Waals surface area contributed by atoms with Gasteiger partial charge in [0.05, 0.1) is 12.1 Å². The maximum absolute atomic E-state index is 11.9. The van der Waals surface area contributed by atoms with Crippen LogP contribution in [0.3, 0.4) is 0 Å². The van der Waals surface area contributed by atoms with E-state index in [1.807, 2.05) is 45.2 Å². The average Bonchev–Trinajstić information content (AvgIpc) is 2.72. The fraction of sp³-hybridized carbons (Fsp3) is 0.375. The van der Waals surface area contributed by atoms with E-state index in [1.165, 1.54) is 0 Å². The SMILES string of the molecule is Cc1nn(C)c(C)c1CC(=O)OCCOc1ccc(Br)cc1. The van der Waals surface area contributed by atoms with Gasteiger partial charge in [-0.05, 0) is 38.1 Å². The first kappa shape index (κ1) is 16.5. The number of rotatable bonds is 6. The van der Waals surface area contributed by atoms with Crippen LogP contribution in [-0.2, 0) is 23.0 Å². The Morgan fingerprint density at radius 1 is 1.23 bits per heavy atom. The van der Waals surface area contributed by atoms with Crippen LogP contribution in [0.5, 0.6) is 5.75 Å². The van der Waals surface area contributed by atoms with Gasteiger partial charge in [0.15, 0.2) is 0 Å². The molecule has 0 N–H and O–H groups in total. The zero-order valence-corrected chi connectivity index (χ0v) is 14.5. The van der Waals surface area contributed by atoms with Crippen molar-refractivity contribution >= 4 is 21.9 Å². The van der Waals surface area contributed by atoms with E-state index >= 15 is 0 Å². The number of hydrogen-bond acceptors (Lipinski definition) is 4. The minimum absolute atomic E-state index is 0.229. The van der Waals surface area contributed by atoms with Crippen LogP contribution in [0.15, 0.2) is 28.7 Å². The van der Waals surface area contributed by atoms with E-state index in [9.17, 15) is 4.79 Å². The molecule has 0 spiro atoms. The Balaban J connectivity index is 1.75. The van der Waals surface area contributed by atoms with E-state index in [1.54, 1.807) is 4.68 Å². The first-order valence-electron chi connectivity index (χ1n) is 7.00. The lowest BCUT2D eigenvalue weighted by molar-refractivity contribution is -0.143. The molecule has 0 bridgehead atoms. The molecule has 22 heavy (non-hydrogen) atoms. The van der Waals surface area contributed by atoms with Crippen LogP contribution >= 0.6 is 15.9 Å². The molecule has 118 valence electrons. The summed E-state index contributed by atoms with van der Waals surface area (Å²) in [6.45, 7) is 4.40. The Morgan fingerprint density at radius 2 is 1.91 bits per heavy atom. The number of aryl methyl sites for hydroxylation is 2. The summed E-state index contributed by atoms with van der Waals surface area (Å²) < 4.78 is 13.5. The van der Waals surface area contributed by atoms with Gasteiger partial charge in [-0.15, -0.1) is 0 Å². The van der Waals surface area contributed by atoms with E-state index < -0.39 is 0 Å². The molecule has 1 aromatic carbocycles. The molecule has 1 aromatic heterocycles. The summed E-state index contributed by atoms with van der Waals surface area (Å²) in [6, 6.07) is 7.51. The minimum atomic E-state index is -0.265. The van der Waals surface area contributed by atoms with Gasteiger partial charge in [0.2, 0.25) is 0 Å². The van der Waals surface area contributed by atoms with E-state index in [-0.39, 0.29) is 19.0 Å². The molecule has 0 saturated carbocycles. The molecule has 0 aliphatic rings. The molecule has 0 saturated heterocycles. The van der Waals surface area contributed by atoms with Crippen LogP contribution in [0, 0.1) is 13.8 Å². The van der Waals surface area contributed by atoms with E-state index in [0.717, 1.165) is 27.2 Å². The molecule has 0 fully saturated rings. The number of halogens is 1. The zero-order chi connectivity index (χ0) is 16.1. The number of aromatic nitrogens is 2. The van der Waals surface area contributed by atoms with Gasteiger partial charge in [-0.1, -0.05) is 15.9 Å². The van der Waals surface area contributed by atoms with Gasteiger partial charge in [-0.2, -0.15) is 5.10 Å². The smallest absolute Gasteiger partial charge is 0.310 e. The zero-order valence-electron chi connectivity index (χ0n) is 12.9. The number of nitrogens with zero attached hydrogens (tertiary/aromatic N) is 2. The summed E-state index contributed by atoms with van der Waals surface area (Å²) >= 11 is 3.36. The van der Waals surface area contributed by atoms with Crippen molar-refractivity contribution < 1.29 is 14.3 Å². The largest absolute Gasteiger partial charge is 0.490 e. The van der Waals surface area contributed by atoms with Crippen molar-refractivity contribution in [3.05, 3.63) is 45.7 Å². The second-order valence-corrected chi connectivity index (χ2v) is 5.89. The minimum Gasteiger partial charge on any atom is -0.490 e. The summed E-state index contributed by atoms with van der Waals surface area (Å²) in [5, 5.41) is 4.29. The maximum atomic E-state index is 11.9. The molecule has 0 aliphatic carbocycles. The first-order chi connectivity index (χ1) is 10.5. The molecular formula is C16H19BrN2O3. The lowest BCUT2D eigenvalue weighted by atomic mass is 10.1. The van der Waals surface area contributed by atoms with Crippen LogP contribution in [0.4, 0.5) is 0 Å². The van der Waals surface area contributed by atoms with Crippen LogP contribution < -0.4 is 4.74 Å². The van der Waals surface area contributed by atoms with E-state index in [2.05, 4.69) is 21.0 Å². The van der Waals surface area contributed by atoms with Crippen molar-refractivity contribution in [1.82, 2.24) is 9.78 Å². The van der Waals surface area contributed by atoms with Crippen LogP contribution in [-0.4, -0.2) is 29.0 Å². The first-order valence-corrected chi connectivity index (χ1v) is 7.79. The molecule has 0 unspecified atom stereocenters. The molecule has 2 rings (SSSR count). The Bertz CT molecular complexity index is 650. The predicted molar refractivity (Wildman–Crippen MR) is 87.0 cm³/mol. The maximum Gasteiger partial charge on any atom is 0.310 e. The quantitative estimate of drug-likeness (QED) is 0.582. The monoisotopic (exact) mass is 366 g/mol. The predicted octanol–water partition coefficient (Wildman–Crippen LogP) is 2.96. The highest BCUT2D eigenvalue weighted by molar-refractivity contribution is 9.10. The highest BCUT2D eigenvalue weighted by Gasteiger charge is 2.14. The Hall–Kier alpha value is -1.82. The van der Waals surface area contributed by atoms with Crippen molar-refractivity contribution in [2.24, 2.45) is 7.05 Å². The van der Waals surface area contributed by atoms with Gasteiger partial charge in [0, 0.05) is 22.8 Å². The summed E-state index contributed by atoms with van der Waals surface area (Å²) in [6.07, 6.45) is 0.240. The van der Waals surface area contributed by atoms with Crippen molar-refractivity contribution in [2.45, 2.75) is 20.3 Å². The summed E-state index contributed by atoms with van der Waals surface area (Å²) in [5.41, 5.74) is 2.78. The van der Waals surface area contributed by atoms with Crippen molar-refractivity contribution in [1.29, 1.82) is 0 Å². The number of carbonyl (C=O) groups excluding carboxylic acids is 1. The second kappa shape index (κ2) is 7.45. The lowest BCUT2D eigenvalue weighted by Crippen LogP contribution is -2.14. The van der Waals surface area contributed by atoms with Crippen LogP contribution in [0.1, 0.15) is 17.0 Å². The molecule has 0 radical (unpaired) electrons. The fourth-order valence-corrected chi connectivity index (χ4v) is 2.38. The molecule has 1 heterocycles. The van der Waals surface area contributed by atoms with Crippen molar-refractivity contribution in [3.8, 4) is 5.75 Å². The average molecular weight is 367 g/mol. The third kappa shape index (κ3) is 4.34. The molecule has 2 aromatic rings. The molecule has 0 atom stereocenters. The molecule has 0 amide bonds. The Kier molecular flexibility index (Phi) is 5.60. The third-order valence-electron chi connectivity index (χ3n) is 3.41. The Labute approximate surface area is 138 Å². The topological polar surface area (TPSA) is 53.4 Å². The van der Waals surface area contributed by atoms with Gasteiger partial charge in [-0.3, -0.25) is 9.48 Å². The number of ether oxygens (including phenoxy) is 2. The summed E-state index contributed by atoms with van der Waals surface area (Å²) in [4.78, 5) is 11.9. The summed E-state index contributed by atoms with van der Waals surface area (Å²) in [7, 11) is 1.86. The molecule has 6 heteroatoms. The van der Waals surface area contributed by atoms with Crippen LogP contribution in [0.25, 0.3) is 0 Å². The van der Waals surface area contributed by atoms with Crippen molar-refractivity contribution in [2.75, 3.05) is 13.2 Å². The normalized spacial score (nSPS) is 10.5. The van der Waals surface area contributed by atoms with Gasteiger partial charge < -0.3 is 9.47 Å².